The lowest BCUT2D eigenvalue weighted by atomic mass is 10.0. The number of benzene rings is 1. The molecule has 1 atom stereocenters. The molecule has 0 spiro atoms. The molecule has 0 amide bonds. The first-order valence-electron chi connectivity index (χ1n) is 6.15. The molecule has 19 heavy (non-hydrogen) atoms. The van der Waals surface area contributed by atoms with Gasteiger partial charge in [-0.1, -0.05) is 6.07 Å². The summed E-state index contributed by atoms with van der Waals surface area (Å²) in [6.07, 6.45) is 1.87. The molecule has 0 saturated carbocycles. The van der Waals surface area contributed by atoms with Crippen molar-refractivity contribution in [3.05, 3.63) is 29.8 Å². The Kier molecular flexibility index (Phi) is 4.49. The molecule has 7 heteroatoms. The highest BCUT2D eigenvalue weighted by atomic mass is 32.2. The van der Waals surface area contributed by atoms with Gasteiger partial charge in [-0.2, -0.15) is 0 Å². The van der Waals surface area contributed by atoms with E-state index in [9.17, 15) is 17.2 Å². The third-order valence-corrected chi connectivity index (χ3v) is 4.62. The van der Waals surface area contributed by atoms with Crippen molar-refractivity contribution in [3.8, 4) is 0 Å². The Hall–Kier alpha value is -1.05. The molecule has 1 aromatic rings. The molecule has 1 saturated heterocycles. The Morgan fingerprint density at radius 3 is 2.58 bits per heavy atom. The zero-order valence-corrected chi connectivity index (χ0v) is 11.1. The summed E-state index contributed by atoms with van der Waals surface area (Å²) in [6.45, 7) is 1.82. The van der Waals surface area contributed by atoms with Crippen LogP contribution in [-0.4, -0.2) is 28.1 Å². The number of hydrogen-bond donors (Lipinski definition) is 2. The topological polar surface area (TPSA) is 58.2 Å². The van der Waals surface area contributed by atoms with Gasteiger partial charge < -0.3 is 5.32 Å². The molecule has 0 aromatic heterocycles. The summed E-state index contributed by atoms with van der Waals surface area (Å²) in [4.78, 5) is -0.904. The average molecular weight is 290 g/mol. The van der Waals surface area contributed by atoms with Crippen molar-refractivity contribution in [3.63, 3.8) is 0 Å². The maximum absolute atomic E-state index is 13.4. The maximum atomic E-state index is 13.4. The van der Waals surface area contributed by atoms with Gasteiger partial charge in [-0.25, -0.2) is 21.9 Å². The number of rotatable bonds is 4. The van der Waals surface area contributed by atoms with Crippen molar-refractivity contribution < 1.29 is 17.2 Å². The summed E-state index contributed by atoms with van der Waals surface area (Å²) < 4.78 is 53.0. The van der Waals surface area contributed by atoms with Crippen LogP contribution in [0.15, 0.2) is 23.1 Å². The number of sulfonamides is 1. The van der Waals surface area contributed by atoms with Gasteiger partial charge in [0.25, 0.3) is 0 Å². The van der Waals surface area contributed by atoms with E-state index in [1.165, 1.54) is 0 Å². The van der Waals surface area contributed by atoms with Crippen LogP contribution in [0.3, 0.4) is 0 Å². The van der Waals surface area contributed by atoms with Crippen molar-refractivity contribution in [2.75, 3.05) is 19.6 Å². The van der Waals surface area contributed by atoms with Gasteiger partial charge in [0.05, 0.1) is 0 Å². The Bertz CT molecular complexity index is 522. The molecule has 0 unspecified atom stereocenters. The second kappa shape index (κ2) is 5.94. The largest absolute Gasteiger partial charge is 0.316 e. The average Bonchev–Trinajstić information content (AvgIpc) is 2.37. The minimum Gasteiger partial charge on any atom is -0.316 e. The van der Waals surface area contributed by atoms with E-state index in [4.69, 9.17) is 0 Å². The van der Waals surface area contributed by atoms with Crippen LogP contribution < -0.4 is 10.0 Å². The minimum absolute atomic E-state index is 0.151. The fraction of sp³-hybridized carbons (Fsp3) is 0.500. The molecule has 1 aliphatic heterocycles. The van der Waals surface area contributed by atoms with Crippen LogP contribution in [-0.2, 0) is 10.0 Å². The molecule has 4 nitrogen and oxygen atoms in total. The van der Waals surface area contributed by atoms with E-state index in [0.29, 0.717) is 6.54 Å². The molecular weight excluding hydrogens is 274 g/mol. The molecule has 0 bridgehead atoms. The Balaban J connectivity index is 2.09. The predicted octanol–water partition coefficient (Wildman–Crippen LogP) is 1.24. The van der Waals surface area contributed by atoms with Gasteiger partial charge in [0.2, 0.25) is 10.0 Å². The number of piperidine rings is 1. The molecule has 1 aromatic carbocycles. The van der Waals surface area contributed by atoms with Crippen LogP contribution in [0.4, 0.5) is 8.78 Å². The third-order valence-electron chi connectivity index (χ3n) is 3.15. The Morgan fingerprint density at radius 1 is 1.32 bits per heavy atom. The molecule has 1 aliphatic rings. The van der Waals surface area contributed by atoms with Gasteiger partial charge in [-0.05, 0) is 44.0 Å². The van der Waals surface area contributed by atoms with Crippen LogP contribution >= 0.6 is 0 Å². The summed E-state index contributed by atoms with van der Waals surface area (Å²) in [5, 5.41) is 3.15. The van der Waals surface area contributed by atoms with Gasteiger partial charge in [0, 0.05) is 6.54 Å². The highest BCUT2D eigenvalue weighted by molar-refractivity contribution is 7.89. The van der Waals surface area contributed by atoms with E-state index in [0.717, 1.165) is 37.6 Å². The quantitative estimate of drug-likeness (QED) is 0.877. The van der Waals surface area contributed by atoms with Gasteiger partial charge in [0.15, 0.2) is 4.90 Å². The smallest absolute Gasteiger partial charge is 0.246 e. The molecule has 2 rings (SSSR count). The number of halogens is 2. The van der Waals surface area contributed by atoms with Crippen LogP contribution in [0.1, 0.15) is 12.8 Å². The van der Waals surface area contributed by atoms with E-state index in [1.54, 1.807) is 0 Å². The first kappa shape index (κ1) is 14.4. The van der Waals surface area contributed by atoms with Crippen molar-refractivity contribution in [2.45, 2.75) is 17.7 Å². The van der Waals surface area contributed by atoms with Crippen molar-refractivity contribution in [1.82, 2.24) is 10.0 Å². The first-order chi connectivity index (χ1) is 9.00. The zero-order chi connectivity index (χ0) is 13.9. The van der Waals surface area contributed by atoms with Crippen molar-refractivity contribution in [1.29, 1.82) is 0 Å². The van der Waals surface area contributed by atoms with E-state index in [1.807, 2.05) is 0 Å². The molecule has 0 aliphatic carbocycles. The van der Waals surface area contributed by atoms with Crippen molar-refractivity contribution >= 4 is 10.0 Å². The van der Waals surface area contributed by atoms with E-state index < -0.39 is 26.6 Å². The van der Waals surface area contributed by atoms with Crippen LogP contribution in [0.2, 0.25) is 0 Å². The lowest BCUT2D eigenvalue weighted by Gasteiger charge is -2.22. The molecule has 106 valence electrons. The van der Waals surface area contributed by atoms with Gasteiger partial charge >= 0.3 is 0 Å². The summed E-state index contributed by atoms with van der Waals surface area (Å²) in [5.41, 5.74) is 0. The monoisotopic (exact) mass is 290 g/mol. The molecule has 1 fully saturated rings. The lowest BCUT2D eigenvalue weighted by Crippen LogP contribution is -2.38. The third kappa shape index (κ3) is 3.49. The minimum atomic E-state index is -4.15. The summed E-state index contributed by atoms with van der Waals surface area (Å²) in [5.74, 6) is -2.00. The Morgan fingerprint density at radius 2 is 2.00 bits per heavy atom. The lowest BCUT2D eigenvalue weighted by molar-refractivity contribution is 0.375. The fourth-order valence-corrected chi connectivity index (χ4v) is 3.39. The zero-order valence-electron chi connectivity index (χ0n) is 10.3. The maximum Gasteiger partial charge on any atom is 0.246 e. The second-order valence-electron chi connectivity index (χ2n) is 4.62. The highest BCUT2D eigenvalue weighted by Gasteiger charge is 2.25. The Labute approximate surface area is 111 Å². The summed E-state index contributed by atoms with van der Waals surface area (Å²) in [7, 11) is -4.15. The van der Waals surface area contributed by atoms with Gasteiger partial charge in [-0.3, -0.25) is 0 Å². The number of nitrogens with one attached hydrogen (secondary N) is 2. The normalized spacial score (nSPS) is 20.4. The van der Waals surface area contributed by atoms with E-state index in [2.05, 4.69) is 10.0 Å². The van der Waals surface area contributed by atoms with Crippen molar-refractivity contribution in [2.24, 2.45) is 5.92 Å². The second-order valence-corrected chi connectivity index (χ2v) is 6.32. The van der Waals surface area contributed by atoms with E-state index >= 15 is 0 Å². The van der Waals surface area contributed by atoms with Gasteiger partial charge in [0.1, 0.15) is 11.6 Å². The molecule has 2 N–H and O–H groups in total. The highest BCUT2D eigenvalue weighted by Crippen LogP contribution is 2.18. The summed E-state index contributed by atoms with van der Waals surface area (Å²) >= 11 is 0. The fourth-order valence-electron chi connectivity index (χ4n) is 2.14. The van der Waals surface area contributed by atoms with E-state index in [-0.39, 0.29) is 12.5 Å². The van der Waals surface area contributed by atoms with Gasteiger partial charge in [-0.15, -0.1) is 0 Å². The number of hydrogen-bond acceptors (Lipinski definition) is 3. The predicted molar refractivity (Wildman–Crippen MR) is 67.1 cm³/mol. The summed E-state index contributed by atoms with van der Waals surface area (Å²) in [6, 6.07) is 2.99. The molecule has 0 radical (unpaired) electrons. The molecular formula is C12H16F2N2O2S. The SMILES string of the molecule is O=S(=O)(NC[C@@H]1CCCNC1)c1c(F)cccc1F. The standard InChI is InChI=1S/C12H16F2N2O2S/c13-10-4-1-5-11(14)12(10)19(17,18)16-8-9-3-2-6-15-7-9/h1,4-5,9,15-16H,2-3,6-8H2/t9-/m1/s1. The first-order valence-corrected chi connectivity index (χ1v) is 7.63. The molecule has 1 heterocycles. The van der Waals surface area contributed by atoms with Crippen LogP contribution in [0, 0.1) is 17.6 Å². The van der Waals surface area contributed by atoms with Crippen LogP contribution in [0.25, 0.3) is 0 Å². The van der Waals surface area contributed by atoms with Crippen LogP contribution in [0.5, 0.6) is 0 Å².